The Morgan fingerprint density at radius 3 is 2.55 bits per heavy atom. The lowest BCUT2D eigenvalue weighted by Crippen LogP contribution is -2.31. The van der Waals surface area contributed by atoms with Gasteiger partial charge in [-0.05, 0) is 48.9 Å². The molecule has 3 aromatic heterocycles. The number of nitrogens with two attached hydrogens (primary N) is 1. The highest BCUT2D eigenvalue weighted by atomic mass is 19.4. The zero-order valence-electron chi connectivity index (χ0n) is 17.8. The van der Waals surface area contributed by atoms with Crippen LogP contribution < -0.4 is 5.73 Å². The Labute approximate surface area is 186 Å². The molecule has 0 radical (unpaired) electrons. The molecule has 0 atom stereocenters. The number of benzene rings is 1. The Bertz CT molecular complexity index is 1320. The lowest BCUT2D eigenvalue weighted by atomic mass is 10.1. The van der Waals surface area contributed by atoms with Crippen LogP contribution in [0.5, 0.6) is 0 Å². The van der Waals surface area contributed by atoms with Crippen LogP contribution in [0.3, 0.4) is 0 Å². The predicted molar refractivity (Wildman–Crippen MR) is 115 cm³/mol. The zero-order valence-corrected chi connectivity index (χ0v) is 17.8. The van der Waals surface area contributed by atoms with Crippen molar-refractivity contribution in [2.24, 2.45) is 7.05 Å². The van der Waals surface area contributed by atoms with E-state index in [1.54, 1.807) is 31.3 Å². The predicted octanol–water partition coefficient (Wildman–Crippen LogP) is 3.51. The average Bonchev–Trinajstić information content (AvgIpc) is 3.17. The second-order valence-electron chi connectivity index (χ2n) is 7.63. The maximum atomic E-state index is 13.4. The van der Waals surface area contributed by atoms with E-state index in [0.29, 0.717) is 28.4 Å². The number of aromatic nitrogens is 5. The highest BCUT2D eigenvalue weighted by molar-refractivity contribution is 5.98. The van der Waals surface area contributed by atoms with Crippen molar-refractivity contribution in [3.63, 3.8) is 0 Å². The second-order valence-corrected chi connectivity index (χ2v) is 7.63. The van der Waals surface area contributed by atoms with Gasteiger partial charge in [0.1, 0.15) is 12.1 Å². The second kappa shape index (κ2) is 8.49. The molecule has 0 saturated carbocycles. The third-order valence-corrected chi connectivity index (χ3v) is 5.05. The van der Waals surface area contributed by atoms with Gasteiger partial charge in [0.2, 0.25) is 0 Å². The molecular weight excluding hydrogens is 435 g/mol. The fourth-order valence-electron chi connectivity index (χ4n) is 3.44. The van der Waals surface area contributed by atoms with E-state index in [1.807, 2.05) is 6.92 Å². The highest BCUT2D eigenvalue weighted by Gasteiger charge is 2.31. The molecular formula is C22H20F3N7O. The summed E-state index contributed by atoms with van der Waals surface area (Å²) in [5, 5.41) is 4.98. The van der Waals surface area contributed by atoms with Crippen molar-refractivity contribution >= 4 is 22.6 Å². The quantitative estimate of drug-likeness (QED) is 0.494. The lowest BCUT2D eigenvalue weighted by Gasteiger charge is -2.22. The van der Waals surface area contributed by atoms with E-state index in [9.17, 15) is 18.0 Å². The van der Waals surface area contributed by atoms with Gasteiger partial charge in [-0.1, -0.05) is 0 Å². The molecule has 0 saturated heterocycles. The summed E-state index contributed by atoms with van der Waals surface area (Å²) in [5.41, 5.74) is 7.17. The molecule has 11 heteroatoms. The molecule has 0 unspecified atom stereocenters. The van der Waals surface area contributed by atoms with Crippen molar-refractivity contribution < 1.29 is 18.0 Å². The van der Waals surface area contributed by atoms with E-state index in [-0.39, 0.29) is 19.0 Å². The van der Waals surface area contributed by atoms with Crippen molar-refractivity contribution in [1.82, 2.24) is 29.6 Å². The third-order valence-electron chi connectivity index (χ3n) is 5.05. The largest absolute Gasteiger partial charge is 0.417 e. The monoisotopic (exact) mass is 455 g/mol. The molecule has 8 nitrogen and oxygen atoms in total. The highest BCUT2D eigenvalue weighted by Crippen LogP contribution is 2.28. The van der Waals surface area contributed by atoms with Gasteiger partial charge < -0.3 is 10.6 Å². The first-order valence-electron chi connectivity index (χ1n) is 9.93. The molecule has 2 N–H and O–H groups in total. The van der Waals surface area contributed by atoms with Crippen LogP contribution in [0.15, 0.2) is 48.9 Å². The van der Waals surface area contributed by atoms with Crippen molar-refractivity contribution in [3.05, 3.63) is 77.1 Å². The summed E-state index contributed by atoms with van der Waals surface area (Å²) in [5.74, 6) is 0.432. The summed E-state index contributed by atoms with van der Waals surface area (Å²) in [6.07, 6.45) is -2.23. The first kappa shape index (κ1) is 22.2. The van der Waals surface area contributed by atoms with Crippen molar-refractivity contribution in [3.8, 4) is 0 Å². The summed E-state index contributed by atoms with van der Waals surface area (Å²) in [6, 6.07) is 8.98. The number of nitrogens with zero attached hydrogens (tertiary/aromatic N) is 6. The van der Waals surface area contributed by atoms with Crippen LogP contribution in [0.4, 0.5) is 19.0 Å². The van der Waals surface area contributed by atoms with E-state index in [0.717, 1.165) is 23.2 Å². The topological polar surface area (TPSA) is 103 Å². The zero-order chi connectivity index (χ0) is 23.8. The number of amides is 1. The number of carbonyl (C=O) groups is 1. The van der Waals surface area contributed by atoms with Crippen molar-refractivity contribution in [1.29, 1.82) is 0 Å². The molecule has 3 heterocycles. The first-order valence-corrected chi connectivity index (χ1v) is 9.93. The van der Waals surface area contributed by atoms with Gasteiger partial charge in [0.05, 0.1) is 29.9 Å². The number of alkyl halides is 3. The molecule has 4 rings (SSSR count). The van der Waals surface area contributed by atoms with Crippen LogP contribution in [0.25, 0.3) is 10.9 Å². The maximum Gasteiger partial charge on any atom is 0.417 e. The minimum Gasteiger partial charge on any atom is -0.384 e. The summed E-state index contributed by atoms with van der Waals surface area (Å²) in [6.45, 7) is 1.90. The van der Waals surface area contributed by atoms with Gasteiger partial charge in [-0.25, -0.2) is 9.97 Å². The van der Waals surface area contributed by atoms with Gasteiger partial charge >= 0.3 is 6.18 Å². The van der Waals surface area contributed by atoms with Gasteiger partial charge in [-0.15, -0.1) is 0 Å². The molecule has 0 aliphatic rings. The fraction of sp³-hybridized carbons (Fsp3) is 0.227. The van der Waals surface area contributed by atoms with Gasteiger partial charge in [0.25, 0.3) is 5.91 Å². The van der Waals surface area contributed by atoms with Crippen molar-refractivity contribution in [2.75, 3.05) is 5.73 Å². The Morgan fingerprint density at radius 2 is 1.91 bits per heavy atom. The number of nitrogen functional groups attached to an aromatic ring is 1. The van der Waals surface area contributed by atoms with E-state index < -0.39 is 11.7 Å². The van der Waals surface area contributed by atoms with Crippen LogP contribution in [0, 0.1) is 6.92 Å². The third kappa shape index (κ3) is 4.92. The number of hydrogen-bond acceptors (Lipinski definition) is 6. The molecule has 33 heavy (non-hydrogen) atoms. The van der Waals surface area contributed by atoms with Crippen LogP contribution in [-0.2, 0) is 26.3 Å². The summed E-state index contributed by atoms with van der Waals surface area (Å²) < 4.78 is 40.1. The SMILES string of the molecule is Cc1cc(N)nc2ccc(C(=O)N(Cc3ccc(C(F)(F)F)cn3)Cc3ncn(C)n3)cc12. The Balaban J connectivity index is 1.66. The van der Waals surface area contributed by atoms with E-state index in [4.69, 9.17) is 5.73 Å². The van der Waals surface area contributed by atoms with E-state index in [2.05, 4.69) is 20.1 Å². The molecule has 4 aromatic rings. The lowest BCUT2D eigenvalue weighted by molar-refractivity contribution is -0.137. The maximum absolute atomic E-state index is 13.4. The minimum atomic E-state index is -4.49. The molecule has 1 aromatic carbocycles. The van der Waals surface area contributed by atoms with Crippen molar-refractivity contribution in [2.45, 2.75) is 26.2 Å². The molecule has 0 aliphatic carbocycles. The Hall–Kier alpha value is -4.02. The molecule has 170 valence electrons. The molecule has 0 fully saturated rings. The van der Waals surface area contributed by atoms with Gasteiger partial charge in [-0.2, -0.15) is 18.3 Å². The first-order chi connectivity index (χ1) is 15.6. The molecule has 0 bridgehead atoms. The van der Waals surface area contributed by atoms with Crippen LogP contribution in [0.2, 0.25) is 0 Å². The van der Waals surface area contributed by atoms with E-state index >= 15 is 0 Å². The number of aryl methyl sites for hydroxylation is 2. The number of pyridine rings is 2. The van der Waals surface area contributed by atoms with Gasteiger partial charge in [0.15, 0.2) is 5.82 Å². The number of fused-ring (bicyclic) bond motifs is 1. The smallest absolute Gasteiger partial charge is 0.384 e. The van der Waals surface area contributed by atoms with E-state index in [1.165, 1.54) is 22.0 Å². The van der Waals surface area contributed by atoms with Crippen LogP contribution >= 0.6 is 0 Å². The molecule has 0 spiro atoms. The number of anilines is 1. The average molecular weight is 455 g/mol. The Morgan fingerprint density at radius 1 is 1.12 bits per heavy atom. The minimum absolute atomic E-state index is 0.0216. The standard InChI is InChI=1S/C22H20F3N7O/c1-13-7-19(26)29-18-6-3-14(8-17(13)18)21(33)32(11-20-28-12-31(2)30-20)10-16-5-4-15(9-27-16)22(23,24)25/h3-9,12H,10-11H2,1-2H3,(H2,26,29). The Kier molecular flexibility index (Phi) is 5.71. The van der Waals surface area contributed by atoms with Gasteiger partial charge in [0, 0.05) is 24.2 Å². The number of halogens is 3. The van der Waals surface area contributed by atoms with Gasteiger partial charge in [-0.3, -0.25) is 14.5 Å². The van der Waals surface area contributed by atoms with Crippen LogP contribution in [-0.4, -0.2) is 35.5 Å². The normalized spacial score (nSPS) is 11.7. The summed E-state index contributed by atoms with van der Waals surface area (Å²) in [7, 11) is 1.70. The summed E-state index contributed by atoms with van der Waals surface area (Å²) >= 11 is 0. The van der Waals surface area contributed by atoms with Crippen LogP contribution in [0.1, 0.15) is 33.0 Å². The number of carbonyl (C=O) groups excluding carboxylic acids is 1. The number of hydrogen-bond donors (Lipinski definition) is 1. The number of rotatable bonds is 5. The summed E-state index contributed by atoms with van der Waals surface area (Å²) in [4.78, 5) is 27.2. The molecule has 1 amide bonds. The molecule has 0 aliphatic heterocycles. The fourth-order valence-corrected chi connectivity index (χ4v) is 3.44.